The number of hydrogen-bond donors (Lipinski definition) is 1. The molecule has 0 aromatic heterocycles. The van der Waals surface area contributed by atoms with Gasteiger partial charge in [-0.1, -0.05) is 19.3 Å². The maximum atomic E-state index is 12.6. The second-order valence-corrected chi connectivity index (χ2v) is 6.06. The Morgan fingerprint density at radius 3 is 2.52 bits per heavy atom. The van der Waals surface area contributed by atoms with Crippen LogP contribution in [0.25, 0.3) is 0 Å². The third-order valence-corrected chi connectivity index (χ3v) is 4.50. The third kappa shape index (κ3) is 4.33. The van der Waals surface area contributed by atoms with E-state index in [0.29, 0.717) is 19.7 Å². The Morgan fingerprint density at radius 1 is 1.24 bits per heavy atom. The van der Waals surface area contributed by atoms with E-state index in [2.05, 4.69) is 0 Å². The summed E-state index contributed by atoms with van der Waals surface area (Å²) >= 11 is 0. The van der Waals surface area contributed by atoms with Crippen LogP contribution in [0.15, 0.2) is 0 Å². The second kappa shape index (κ2) is 7.99. The predicted molar refractivity (Wildman–Crippen MR) is 83.2 cm³/mol. The molecule has 1 saturated heterocycles. The molecular formula is C15H27ClN2O3. The summed E-state index contributed by atoms with van der Waals surface area (Å²) in [6, 6.07) is 0. The minimum Gasteiger partial charge on any atom is -0.466 e. The van der Waals surface area contributed by atoms with Crippen molar-refractivity contribution in [1.29, 1.82) is 0 Å². The molecule has 1 aliphatic heterocycles. The summed E-state index contributed by atoms with van der Waals surface area (Å²) in [5.41, 5.74) is 5.61. The first kappa shape index (κ1) is 18.2. The average molecular weight is 319 g/mol. The summed E-state index contributed by atoms with van der Waals surface area (Å²) in [5.74, 6) is -0.328. The lowest BCUT2D eigenvalue weighted by Gasteiger charge is -2.40. The number of esters is 1. The van der Waals surface area contributed by atoms with E-state index in [1.54, 1.807) is 11.8 Å². The normalized spacial score (nSPS) is 24.9. The Balaban J connectivity index is 0.00000220. The van der Waals surface area contributed by atoms with E-state index >= 15 is 0 Å². The molecule has 0 radical (unpaired) electrons. The molecule has 1 saturated carbocycles. The second-order valence-electron chi connectivity index (χ2n) is 6.06. The van der Waals surface area contributed by atoms with Gasteiger partial charge in [-0.25, -0.2) is 0 Å². The molecule has 0 bridgehead atoms. The van der Waals surface area contributed by atoms with Gasteiger partial charge in [0.1, 0.15) is 0 Å². The molecule has 2 aliphatic rings. The number of carbonyl (C=O) groups excluding carboxylic acids is 2. The number of hydrogen-bond acceptors (Lipinski definition) is 4. The van der Waals surface area contributed by atoms with Crippen LogP contribution in [0.2, 0.25) is 0 Å². The van der Waals surface area contributed by atoms with Crippen LogP contribution in [0.1, 0.15) is 51.9 Å². The number of halogens is 1. The molecule has 1 unspecified atom stereocenters. The van der Waals surface area contributed by atoms with Gasteiger partial charge >= 0.3 is 5.97 Å². The third-order valence-electron chi connectivity index (χ3n) is 4.50. The lowest BCUT2D eigenvalue weighted by Crippen LogP contribution is -2.58. The van der Waals surface area contributed by atoms with Crippen LogP contribution in [-0.4, -0.2) is 42.0 Å². The summed E-state index contributed by atoms with van der Waals surface area (Å²) in [7, 11) is 0. The molecule has 0 aromatic rings. The summed E-state index contributed by atoms with van der Waals surface area (Å²) in [5, 5.41) is 0. The van der Waals surface area contributed by atoms with Crippen molar-refractivity contribution < 1.29 is 14.3 Å². The molecule has 5 nitrogen and oxygen atoms in total. The molecule has 6 heteroatoms. The minimum atomic E-state index is -0.700. The molecule has 122 valence electrons. The van der Waals surface area contributed by atoms with Gasteiger partial charge in [-0.15, -0.1) is 12.4 Å². The smallest absolute Gasteiger partial charge is 0.310 e. The van der Waals surface area contributed by atoms with Crippen LogP contribution < -0.4 is 5.73 Å². The number of amides is 1. The molecule has 2 fully saturated rings. The van der Waals surface area contributed by atoms with Crippen LogP contribution in [0.3, 0.4) is 0 Å². The molecular weight excluding hydrogens is 292 g/mol. The monoisotopic (exact) mass is 318 g/mol. The summed E-state index contributed by atoms with van der Waals surface area (Å²) in [4.78, 5) is 26.3. The minimum absolute atomic E-state index is 0. The molecule has 0 aromatic carbocycles. The number of carbonyl (C=O) groups is 2. The molecule has 1 amide bonds. The lowest BCUT2D eigenvalue weighted by molar-refractivity contribution is -0.152. The summed E-state index contributed by atoms with van der Waals surface area (Å²) in [6.07, 6.45) is 6.41. The van der Waals surface area contributed by atoms with Gasteiger partial charge in [0.15, 0.2) is 0 Å². The van der Waals surface area contributed by atoms with E-state index in [4.69, 9.17) is 10.5 Å². The van der Waals surface area contributed by atoms with Crippen molar-refractivity contribution in [3.63, 3.8) is 0 Å². The van der Waals surface area contributed by atoms with E-state index < -0.39 is 5.54 Å². The molecule has 0 spiro atoms. The number of rotatable bonds is 3. The van der Waals surface area contributed by atoms with E-state index in [0.717, 1.165) is 44.9 Å². The van der Waals surface area contributed by atoms with Gasteiger partial charge in [-0.3, -0.25) is 9.59 Å². The van der Waals surface area contributed by atoms with Crippen molar-refractivity contribution in [2.24, 2.45) is 11.7 Å². The van der Waals surface area contributed by atoms with Crippen LogP contribution in [0.4, 0.5) is 0 Å². The van der Waals surface area contributed by atoms with Gasteiger partial charge in [-0.2, -0.15) is 0 Å². The Labute approximate surface area is 133 Å². The highest BCUT2D eigenvalue weighted by molar-refractivity contribution is 5.87. The zero-order valence-electron chi connectivity index (χ0n) is 12.8. The Kier molecular flexibility index (Phi) is 6.94. The van der Waals surface area contributed by atoms with E-state index in [9.17, 15) is 9.59 Å². The molecule has 21 heavy (non-hydrogen) atoms. The summed E-state index contributed by atoms with van der Waals surface area (Å²) < 4.78 is 5.07. The van der Waals surface area contributed by atoms with E-state index in [1.807, 2.05) is 0 Å². The van der Waals surface area contributed by atoms with Crippen LogP contribution in [0, 0.1) is 5.92 Å². The Hall–Kier alpha value is -0.810. The summed E-state index contributed by atoms with van der Waals surface area (Å²) in [6.45, 7) is 3.38. The number of nitrogens with zero attached hydrogens (tertiary/aromatic N) is 1. The SMILES string of the molecule is CCOC(=O)C1CCCN(C(=O)C2(N)CCCCC2)C1.Cl. The largest absolute Gasteiger partial charge is 0.466 e. The highest BCUT2D eigenvalue weighted by Crippen LogP contribution is 2.29. The highest BCUT2D eigenvalue weighted by Gasteiger charge is 2.40. The molecule has 1 aliphatic carbocycles. The van der Waals surface area contributed by atoms with Gasteiger partial charge in [-0.05, 0) is 32.6 Å². The number of ether oxygens (including phenoxy) is 1. The predicted octanol–water partition coefficient (Wildman–Crippen LogP) is 1.87. The van der Waals surface area contributed by atoms with Crippen molar-refractivity contribution >= 4 is 24.3 Å². The first-order valence-electron chi connectivity index (χ1n) is 7.82. The van der Waals surface area contributed by atoms with Gasteiger partial charge in [0.25, 0.3) is 0 Å². The van der Waals surface area contributed by atoms with Gasteiger partial charge in [0, 0.05) is 13.1 Å². The Bertz CT molecular complexity index is 370. The van der Waals surface area contributed by atoms with Gasteiger partial charge < -0.3 is 15.4 Å². The van der Waals surface area contributed by atoms with Crippen LogP contribution in [0.5, 0.6) is 0 Å². The topological polar surface area (TPSA) is 72.6 Å². The van der Waals surface area contributed by atoms with Crippen LogP contribution in [-0.2, 0) is 14.3 Å². The Morgan fingerprint density at radius 2 is 1.90 bits per heavy atom. The zero-order chi connectivity index (χ0) is 14.6. The fourth-order valence-corrected chi connectivity index (χ4v) is 3.33. The molecule has 1 heterocycles. The number of nitrogens with two attached hydrogens (primary N) is 1. The average Bonchev–Trinajstić information content (AvgIpc) is 2.47. The van der Waals surface area contributed by atoms with Gasteiger partial charge in [0.05, 0.1) is 18.1 Å². The molecule has 2 N–H and O–H groups in total. The number of likely N-dealkylation sites (tertiary alicyclic amines) is 1. The standard InChI is InChI=1S/C15H26N2O3.ClH/c1-2-20-13(18)12-7-6-10-17(11-12)14(19)15(16)8-4-3-5-9-15;/h12H,2-11,16H2,1H3;1H. The lowest BCUT2D eigenvalue weighted by atomic mass is 9.81. The maximum Gasteiger partial charge on any atom is 0.310 e. The first-order chi connectivity index (χ1) is 9.57. The van der Waals surface area contributed by atoms with Crippen molar-refractivity contribution in [2.45, 2.75) is 57.4 Å². The fourth-order valence-electron chi connectivity index (χ4n) is 3.33. The van der Waals surface area contributed by atoms with Crippen molar-refractivity contribution in [3.8, 4) is 0 Å². The number of piperidine rings is 1. The van der Waals surface area contributed by atoms with Crippen molar-refractivity contribution in [2.75, 3.05) is 19.7 Å². The quantitative estimate of drug-likeness (QED) is 0.806. The first-order valence-corrected chi connectivity index (χ1v) is 7.82. The van der Waals surface area contributed by atoms with Crippen molar-refractivity contribution in [1.82, 2.24) is 4.90 Å². The highest BCUT2D eigenvalue weighted by atomic mass is 35.5. The van der Waals surface area contributed by atoms with E-state index in [1.165, 1.54) is 0 Å². The fraction of sp³-hybridized carbons (Fsp3) is 0.867. The van der Waals surface area contributed by atoms with Crippen LogP contribution >= 0.6 is 12.4 Å². The zero-order valence-corrected chi connectivity index (χ0v) is 13.6. The van der Waals surface area contributed by atoms with E-state index in [-0.39, 0.29) is 30.2 Å². The van der Waals surface area contributed by atoms with Gasteiger partial charge in [0.2, 0.25) is 5.91 Å². The molecule has 1 atom stereocenters. The maximum absolute atomic E-state index is 12.6. The molecule has 2 rings (SSSR count). The van der Waals surface area contributed by atoms with Crippen molar-refractivity contribution in [3.05, 3.63) is 0 Å².